The third-order valence-corrected chi connectivity index (χ3v) is 2.86. The minimum absolute atomic E-state index is 0.247. The summed E-state index contributed by atoms with van der Waals surface area (Å²) in [7, 11) is 0. The number of amides is 1. The third kappa shape index (κ3) is 4.05. The summed E-state index contributed by atoms with van der Waals surface area (Å²) in [6.07, 6.45) is -0.381. The maximum Gasteiger partial charge on any atom is 0.348 e. The van der Waals surface area contributed by atoms with Gasteiger partial charge in [0, 0.05) is 12.0 Å². The highest BCUT2D eigenvalue weighted by Gasteiger charge is 2.50. The molecular weight excluding hydrogens is 290 g/mol. The van der Waals surface area contributed by atoms with Gasteiger partial charge in [0.2, 0.25) is 5.91 Å². The Bertz CT molecular complexity index is 571. The van der Waals surface area contributed by atoms with Crippen LogP contribution in [0.3, 0.4) is 0 Å². The SMILES string of the molecule is CC(C)(C)OC(Cc1ccc(C(N)=O)cc1)(C(=O)O)C(=O)O. The summed E-state index contributed by atoms with van der Waals surface area (Å²) in [5, 5.41) is 18.8. The fourth-order valence-corrected chi connectivity index (χ4v) is 1.96. The van der Waals surface area contributed by atoms with Crippen molar-refractivity contribution in [2.24, 2.45) is 5.73 Å². The number of carboxylic acid groups (broad SMARTS) is 2. The number of primary amides is 1. The van der Waals surface area contributed by atoms with E-state index in [0.29, 0.717) is 5.56 Å². The van der Waals surface area contributed by atoms with Crippen LogP contribution in [0.25, 0.3) is 0 Å². The number of aliphatic carboxylic acids is 2. The number of hydrogen-bond donors (Lipinski definition) is 3. The van der Waals surface area contributed by atoms with Gasteiger partial charge in [-0.15, -0.1) is 0 Å². The predicted octanol–water partition coefficient (Wildman–Crippen LogP) is 1.05. The minimum Gasteiger partial charge on any atom is -0.479 e. The van der Waals surface area contributed by atoms with E-state index in [4.69, 9.17) is 10.5 Å². The first-order chi connectivity index (χ1) is 9.98. The van der Waals surface area contributed by atoms with Crippen molar-refractivity contribution in [3.63, 3.8) is 0 Å². The molecule has 1 rings (SSSR count). The number of carbonyl (C=O) groups is 3. The largest absolute Gasteiger partial charge is 0.479 e. The van der Waals surface area contributed by atoms with Crippen molar-refractivity contribution in [2.75, 3.05) is 0 Å². The molecular formula is C15H19NO6. The summed E-state index contributed by atoms with van der Waals surface area (Å²) in [5.74, 6) is -3.80. The van der Waals surface area contributed by atoms with Crippen LogP contribution in [-0.4, -0.2) is 39.3 Å². The normalized spacial score (nSPS) is 12.0. The van der Waals surface area contributed by atoms with Gasteiger partial charge in [0.05, 0.1) is 5.60 Å². The van der Waals surface area contributed by atoms with Crippen molar-refractivity contribution in [2.45, 2.75) is 38.4 Å². The van der Waals surface area contributed by atoms with E-state index in [9.17, 15) is 24.6 Å². The molecule has 1 amide bonds. The van der Waals surface area contributed by atoms with Crippen LogP contribution in [0.5, 0.6) is 0 Å². The zero-order chi connectivity index (χ0) is 17.1. The highest BCUT2D eigenvalue weighted by Crippen LogP contribution is 2.26. The maximum absolute atomic E-state index is 11.5. The highest BCUT2D eigenvalue weighted by atomic mass is 16.6. The topological polar surface area (TPSA) is 127 Å². The van der Waals surface area contributed by atoms with Crippen LogP contribution in [0.15, 0.2) is 24.3 Å². The van der Waals surface area contributed by atoms with Crippen molar-refractivity contribution in [1.82, 2.24) is 0 Å². The van der Waals surface area contributed by atoms with Crippen LogP contribution in [0.4, 0.5) is 0 Å². The zero-order valence-corrected chi connectivity index (χ0v) is 12.6. The molecule has 0 spiro atoms. The summed E-state index contributed by atoms with van der Waals surface area (Å²) in [6, 6.07) is 5.71. The summed E-state index contributed by atoms with van der Waals surface area (Å²) in [6.45, 7) is 4.72. The van der Waals surface area contributed by atoms with Gasteiger partial charge in [-0.05, 0) is 38.5 Å². The van der Waals surface area contributed by atoms with E-state index >= 15 is 0 Å². The lowest BCUT2D eigenvalue weighted by Crippen LogP contribution is -2.54. The Kier molecular flexibility index (Phi) is 4.93. The van der Waals surface area contributed by atoms with Crippen molar-refractivity contribution in [3.8, 4) is 0 Å². The van der Waals surface area contributed by atoms with Gasteiger partial charge in [0.1, 0.15) is 0 Å². The molecule has 0 heterocycles. The molecule has 0 unspecified atom stereocenters. The van der Waals surface area contributed by atoms with Crippen molar-refractivity contribution in [1.29, 1.82) is 0 Å². The Hall–Kier alpha value is -2.41. The Morgan fingerprint density at radius 2 is 1.50 bits per heavy atom. The molecule has 0 aliphatic rings. The molecule has 0 bridgehead atoms. The second kappa shape index (κ2) is 6.15. The van der Waals surface area contributed by atoms with Crippen molar-refractivity contribution in [3.05, 3.63) is 35.4 Å². The van der Waals surface area contributed by atoms with Gasteiger partial charge < -0.3 is 20.7 Å². The quantitative estimate of drug-likeness (QED) is 0.674. The molecule has 0 atom stereocenters. The minimum atomic E-state index is -2.41. The number of rotatable bonds is 6. The number of carboxylic acids is 2. The predicted molar refractivity (Wildman–Crippen MR) is 77.5 cm³/mol. The highest BCUT2D eigenvalue weighted by molar-refractivity contribution is 6.02. The summed E-state index contributed by atoms with van der Waals surface area (Å²) >= 11 is 0. The van der Waals surface area contributed by atoms with Gasteiger partial charge in [0.25, 0.3) is 5.60 Å². The number of nitrogens with two attached hydrogens (primary N) is 1. The van der Waals surface area contributed by atoms with Crippen LogP contribution in [0.1, 0.15) is 36.7 Å². The summed E-state index contributed by atoms with van der Waals surface area (Å²) < 4.78 is 5.34. The maximum atomic E-state index is 11.5. The molecule has 120 valence electrons. The number of carbonyl (C=O) groups excluding carboxylic acids is 1. The molecule has 0 aliphatic carbocycles. The number of ether oxygens (including phenoxy) is 1. The average Bonchev–Trinajstić information content (AvgIpc) is 2.36. The molecule has 1 aromatic rings. The van der Waals surface area contributed by atoms with Crippen LogP contribution in [0, 0.1) is 0 Å². The standard InChI is InChI=1S/C15H19NO6/c1-14(2,3)22-15(12(18)19,13(20)21)8-9-4-6-10(7-5-9)11(16)17/h4-7H,8H2,1-3H3,(H2,16,17)(H,18,19)(H,20,21). The Balaban J connectivity index is 3.20. The first-order valence-electron chi connectivity index (χ1n) is 6.53. The van der Waals surface area contributed by atoms with E-state index in [1.54, 1.807) is 20.8 Å². The fourth-order valence-electron chi connectivity index (χ4n) is 1.96. The van der Waals surface area contributed by atoms with E-state index < -0.39 is 29.0 Å². The lowest BCUT2D eigenvalue weighted by molar-refractivity contribution is -0.199. The first kappa shape index (κ1) is 17.6. The summed E-state index contributed by atoms with van der Waals surface area (Å²) in [5.41, 5.74) is 2.39. The van der Waals surface area contributed by atoms with Gasteiger partial charge in [-0.2, -0.15) is 0 Å². The molecule has 0 fully saturated rings. The molecule has 7 heteroatoms. The molecule has 7 nitrogen and oxygen atoms in total. The Morgan fingerprint density at radius 1 is 1.05 bits per heavy atom. The van der Waals surface area contributed by atoms with Gasteiger partial charge >= 0.3 is 11.9 Å². The lowest BCUT2D eigenvalue weighted by Gasteiger charge is -2.32. The van der Waals surface area contributed by atoms with Crippen LogP contribution in [0.2, 0.25) is 0 Å². The molecule has 0 aromatic heterocycles. The van der Waals surface area contributed by atoms with Crippen LogP contribution in [-0.2, 0) is 20.7 Å². The Morgan fingerprint density at radius 3 is 1.82 bits per heavy atom. The number of benzene rings is 1. The average molecular weight is 309 g/mol. The van der Waals surface area contributed by atoms with E-state index in [1.807, 2.05) is 0 Å². The molecule has 1 aromatic carbocycles. The molecule has 0 saturated heterocycles. The summed E-state index contributed by atoms with van der Waals surface area (Å²) in [4.78, 5) is 34.1. The van der Waals surface area contributed by atoms with E-state index in [-0.39, 0.29) is 12.0 Å². The molecule has 22 heavy (non-hydrogen) atoms. The van der Waals surface area contributed by atoms with Crippen molar-refractivity contribution >= 4 is 17.8 Å². The lowest BCUT2D eigenvalue weighted by atomic mass is 9.92. The Labute approximate surface area is 127 Å². The number of hydrogen-bond acceptors (Lipinski definition) is 4. The van der Waals surface area contributed by atoms with Gasteiger partial charge in [-0.25, -0.2) is 9.59 Å². The smallest absolute Gasteiger partial charge is 0.348 e. The third-order valence-electron chi connectivity index (χ3n) is 2.86. The molecule has 0 aliphatic heterocycles. The molecule has 0 radical (unpaired) electrons. The van der Waals surface area contributed by atoms with Gasteiger partial charge in [-0.1, -0.05) is 12.1 Å². The molecule has 0 saturated carbocycles. The van der Waals surface area contributed by atoms with E-state index in [0.717, 1.165) is 0 Å². The zero-order valence-electron chi connectivity index (χ0n) is 12.6. The van der Waals surface area contributed by atoms with Crippen molar-refractivity contribution < 1.29 is 29.3 Å². The van der Waals surface area contributed by atoms with E-state index in [1.165, 1.54) is 24.3 Å². The monoisotopic (exact) mass is 309 g/mol. The fraction of sp³-hybridized carbons (Fsp3) is 0.400. The first-order valence-corrected chi connectivity index (χ1v) is 6.53. The van der Waals surface area contributed by atoms with E-state index in [2.05, 4.69) is 0 Å². The van der Waals surface area contributed by atoms with Gasteiger partial charge in [0.15, 0.2) is 0 Å². The second-order valence-corrected chi connectivity index (χ2v) is 5.89. The van der Waals surface area contributed by atoms with Gasteiger partial charge in [-0.3, -0.25) is 4.79 Å². The van der Waals surface area contributed by atoms with Crippen LogP contribution >= 0.6 is 0 Å². The second-order valence-electron chi connectivity index (χ2n) is 5.89. The van der Waals surface area contributed by atoms with Crippen LogP contribution < -0.4 is 5.73 Å². The molecule has 4 N–H and O–H groups in total.